The minimum Gasteiger partial charge on any atom is -0.477 e. The number of carbonyl (C=O) groups excluding carboxylic acids is 1. The average Bonchev–Trinajstić information content (AvgIpc) is 3.25. The fourth-order valence-electron chi connectivity index (χ4n) is 5.79. The van der Waals surface area contributed by atoms with Crippen molar-refractivity contribution in [2.75, 3.05) is 13.2 Å². The Morgan fingerprint density at radius 3 is 2.82 bits per heavy atom. The van der Waals surface area contributed by atoms with Crippen molar-refractivity contribution in [3.63, 3.8) is 0 Å². The molecule has 0 spiro atoms. The number of aromatic nitrogens is 1. The number of benzene rings is 1. The first-order valence-electron chi connectivity index (χ1n) is 12.7. The van der Waals surface area contributed by atoms with Crippen molar-refractivity contribution < 1.29 is 29.0 Å². The maximum Gasteiger partial charge on any atom is 0.352 e. The number of carboxylic acid groups (broad SMARTS) is 1. The van der Waals surface area contributed by atoms with Crippen LogP contribution in [0.3, 0.4) is 0 Å². The lowest BCUT2D eigenvalue weighted by atomic mass is 9.87. The molecule has 1 saturated heterocycles. The van der Waals surface area contributed by atoms with Gasteiger partial charge >= 0.3 is 11.9 Å². The SMILES string of the molecule is CC1(C)C[C@@H](c2cc3cc(C(=O)O)n([C@@]4(C5=NC(=C=O)ON5)C[C@@H]4COCc4ccccc4)c3s2)CCO1. The Bertz CT molecular complexity index is 1470. The van der Waals surface area contributed by atoms with Gasteiger partial charge in [0.25, 0.3) is 0 Å². The number of thiophene rings is 1. The highest BCUT2D eigenvalue weighted by Crippen LogP contribution is 2.55. The molecule has 6 rings (SSSR count). The summed E-state index contributed by atoms with van der Waals surface area (Å²) in [4.78, 5) is 35.3. The van der Waals surface area contributed by atoms with Crippen LogP contribution in [0.5, 0.6) is 0 Å². The molecule has 198 valence electrons. The molecule has 0 bridgehead atoms. The Balaban J connectivity index is 1.38. The van der Waals surface area contributed by atoms with Gasteiger partial charge in [-0.3, -0.25) is 0 Å². The van der Waals surface area contributed by atoms with Gasteiger partial charge in [-0.15, -0.1) is 11.3 Å². The second-order valence-corrected chi connectivity index (χ2v) is 11.8. The highest BCUT2D eigenvalue weighted by Gasteiger charge is 2.63. The largest absolute Gasteiger partial charge is 0.477 e. The number of nitrogens with one attached hydrogen (secondary N) is 1. The Hall–Kier alpha value is -3.43. The predicted octanol–water partition coefficient (Wildman–Crippen LogP) is 4.61. The van der Waals surface area contributed by atoms with Crippen LogP contribution in [0, 0.1) is 5.92 Å². The molecule has 9 nitrogen and oxygen atoms in total. The molecule has 0 unspecified atom stereocenters. The van der Waals surface area contributed by atoms with Gasteiger partial charge in [0.05, 0.1) is 18.8 Å². The van der Waals surface area contributed by atoms with Crippen molar-refractivity contribution in [2.45, 2.75) is 56.8 Å². The summed E-state index contributed by atoms with van der Waals surface area (Å²) in [7, 11) is 0. The smallest absolute Gasteiger partial charge is 0.352 e. The first kappa shape index (κ1) is 24.9. The number of nitrogens with zero attached hydrogens (tertiary/aromatic N) is 2. The number of ether oxygens (including phenoxy) is 2. The third-order valence-corrected chi connectivity index (χ3v) is 8.97. The number of rotatable bonds is 8. The van der Waals surface area contributed by atoms with E-state index in [0.717, 1.165) is 28.6 Å². The highest BCUT2D eigenvalue weighted by molar-refractivity contribution is 7.18. The van der Waals surface area contributed by atoms with Crippen LogP contribution in [0.1, 0.15) is 60.0 Å². The summed E-state index contributed by atoms with van der Waals surface area (Å²) in [5.74, 6) is 1.11. The van der Waals surface area contributed by atoms with E-state index in [9.17, 15) is 14.7 Å². The quantitative estimate of drug-likeness (QED) is 0.405. The second kappa shape index (κ2) is 9.39. The zero-order valence-electron chi connectivity index (χ0n) is 21.2. The van der Waals surface area contributed by atoms with E-state index in [2.05, 4.69) is 30.4 Å². The molecule has 3 atom stereocenters. The number of fused-ring (bicyclic) bond motifs is 1. The number of hydrogen-bond donors (Lipinski definition) is 2. The van der Waals surface area contributed by atoms with Crippen molar-refractivity contribution >= 4 is 39.3 Å². The summed E-state index contributed by atoms with van der Waals surface area (Å²) in [6.07, 6.45) is 2.41. The molecule has 4 heterocycles. The molecule has 10 heteroatoms. The fraction of sp³-hybridized carbons (Fsp3) is 0.429. The molecule has 3 aromatic rings. The van der Waals surface area contributed by atoms with Crippen molar-refractivity contribution in [3.05, 3.63) is 64.5 Å². The number of carboxylic acids is 1. The van der Waals surface area contributed by atoms with E-state index in [1.54, 1.807) is 23.3 Å². The molecule has 2 N–H and O–H groups in total. The Kier molecular flexibility index (Phi) is 6.15. The van der Waals surface area contributed by atoms with Gasteiger partial charge in [-0.2, -0.15) is 4.99 Å². The zero-order chi connectivity index (χ0) is 26.5. The van der Waals surface area contributed by atoms with Crippen LogP contribution >= 0.6 is 11.3 Å². The Morgan fingerprint density at radius 2 is 2.11 bits per heavy atom. The van der Waals surface area contributed by atoms with Crippen molar-refractivity contribution in [3.8, 4) is 0 Å². The van der Waals surface area contributed by atoms with Gasteiger partial charge in [0.15, 0.2) is 11.8 Å². The van der Waals surface area contributed by atoms with Gasteiger partial charge in [0.1, 0.15) is 16.1 Å². The van der Waals surface area contributed by atoms with E-state index in [1.807, 2.05) is 34.9 Å². The van der Waals surface area contributed by atoms with Crippen LogP contribution in [-0.4, -0.2) is 46.2 Å². The minimum absolute atomic E-state index is 0.0756. The zero-order valence-corrected chi connectivity index (χ0v) is 22.0. The third kappa shape index (κ3) is 4.33. The molecular formula is C28H29N3O6S. The molecule has 3 aliphatic rings. The summed E-state index contributed by atoms with van der Waals surface area (Å²) in [6, 6.07) is 13.7. The predicted molar refractivity (Wildman–Crippen MR) is 142 cm³/mol. The van der Waals surface area contributed by atoms with Gasteiger partial charge in [-0.05, 0) is 56.7 Å². The van der Waals surface area contributed by atoms with E-state index in [-0.39, 0.29) is 23.1 Å². The molecule has 2 aliphatic heterocycles. The van der Waals surface area contributed by atoms with Crippen molar-refractivity contribution in [2.24, 2.45) is 10.9 Å². The van der Waals surface area contributed by atoms with E-state index in [0.29, 0.717) is 38.0 Å². The fourth-order valence-corrected chi connectivity index (χ4v) is 7.16. The highest BCUT2D eigenvalue weighted by atomic mass is 32.1. The first-order chi connectivity index (χ1) is 18.3. The Labute approximate surface area is 223 Å². The number of amidine groups is 1. The topological polar surface area (TPSA) is 111 Å². The number of hydrogen-bond acceptors (Lipinski definition) is 8. The first-order valence-corrected chi connectivity index (χ1v) is 13.5. The lowest BCUT2D eigenvalue weighted by Crippen LogP contribution is -2.39. The van der Waals surface area contributed by atoms with E-state index < -0.39 is 11.5 Å². The van der Waals surface area contributed by atoms with Crippen molar-refractivity contribution in [1.82, 2.24) is 10.0 Å². The monoisotopic (exact) mass is 535 g/mol. The summed E-state index contributed by atoms with van der Waals surface area (Å²) in [5, 5.41) is 11.1. The third-order valence-electron chi connectivity index (χ3n) is 7.67. The van der Waals surface area contributed by atoms with Gasteiger partial charge in [-0.1, -0.05) is 30.3 Å². The van der Waals surface area contributed by atoms with Crippen LogP contribution in [0.4, 0.5) is 0 Å². The second-order valence-electron chi connectivity index (χ2n) is 10.8. The molecule has 1 saturated carbocycles. The summed E-state index contributed by atoms with van der Waals surface area (Å²) >= 11 is 1.62. The van der Waals surface area contributed by atoms with Crippen molar-refractivity contribution in [1.29, 1.82) is 0 Å². The maximum atomic E-state index is 12.5. The summed E-state index contributed by atoms with van der Waals surface area (Å²) in [5.41, 5.74) is 2.95. The molecule has 1 aliphatic carbocycles. The van der Waals surface area contributed by atoms with Crippen LogP contribution in [-0.2, 0) is 31.3 Å². The lowest BCUT2D eigenvalue weighted by Gasteiger charge is -2.35. The van der Waals surface area contributed by atoms with Crippen LogP contribution < -0.4 is 5.48 Å². The molecule has 0 radical (unpaired) electrons. The molecule has 2 aromatic heterocycles. The van der Waals surface area contributed by atoms with Gasteiger partial charge < -0.3 is 24.0 Å². The lowest BCUT2D eigenvalue weighted by molar-refractivity contribution is -0.0588. The molecule has 2 fully saturated rings. The number of aromatic carboxylic acids is 1. The molecular weight excluding hydrogens is 506 g/mol. The minimum atomic E-state index is -1.02. The van der Waals surface area contributed by atoms with Crippen LogP contribution in [0.15, 0.2) is 53.3 Å². The number of carbonyl (C=O) groups is 1. The van der Waals surface area contributed by atoms with Crippen LogP contribution in [0.25, 0.3) is 10.2 Å². The maximum absolute atomic E-state index is 12.5. The average molecular weight is 536 g/mol. The standard InChI is InChI=1S/C28H29N3O6S/c1-27(2)12-18(8-9-36-27)22-11-19-10-21(25(33)34)31(24(19)38-22)28(26-29-23(14-32)37-30-26)13-20(28)16-35-15-17-6-4-3-5-7-17/h3-7,10-11,18,20H,8-9,12-13,15-16H2,1-2H3,(H,29,30)(H,33,34)/t18-,20+,28-/m0/s1. The van der Waals surface area contributed by atoms with Gasteiger partial charge in [-0.25, -0.2) is 15.1 Å². The van der Waals surface area contributed by atoms with E-state index >= 15 is 0 Å². The Morgan fingerprint density at radius 1 is 1.29 bits per heavy atom. The summed E-state index contributed by atoms with van der Waals surface area (Å²) < 4.78 is 13.8. The van der Waals surface area contributed by atoms with Gasteiger partial charge in [0, 0.05) is 22.8 Å². The molecule has 1 aromatic carbocycles. The number of aliphatic imine (C=N–C) groups is 1. The normalized spacial score (nSPS) is 25.9. The van der Waals surface area contributed by atoms with E-state index in [1.165, 1.54) is 4.88 Å². The number of hydroxylamine groups is 1. The van der Waals surface area contributed by atoms with Gasteiger partial charge in [0.2, 0.25) is 0 Å². The van der Waals surface area contributed by atoms with E-state index in [4.69, 9.17) is 14.3 Å². The van der Waals surface area contributed by atoms with Crippen LogP contribution in [0.2, 0.25) is 0 Å². The molecule has 0 amide bonds. The molecule has 38 heavy (non-hydrogen) atoms. The summed E-state index contributed by atoms with van der Waals surface area (Å²) in [6.45, 7) is 5.75.